The van der Waals surface area contributed by atoms with E-state index in [-0.39, 0.29) is 5.91 Å². The number of carbonyl (C=O) groups is 1. The number of amides is 1. The Bertz CT molecular complexity index is 798. The van der Waals surface area contributed by atoms with Gasteiger partial charge in [-0.2, -0.15) is 5.26 Å². The van der Waals surface area contributed by atoms with Crippen molar-refractivity contribution in [1.29, 1.82) is 5.26 Å². The third-order valence-corrected chi connectivity index (χ3v) is 3.97. The lowest BCUT2D eigenvalue weighted by molar-refractivity contribution is 0.102. The molecule has 0 radical (unpaired) electrons. The first-order valence-corrected chi connectivity index (χ1v) is 7.56. The second kappa shape index (κ2) is 6.55. The summed E-state index contributed by atoms with van der Waals surface area (Å²) < 4.78 is 0. The minimum atomic E-state index is -0.211. The number of halogens is 1. The van der Waals surface area contributed by atoms with Gasteiger partial charge in [0.15, 0.2) is 0 Å². The van der Waals surface area contributed by atoms with E-state index in [0.717, 1.165) is 18.8 Å². The lowest BCUT2D eigenvalue weighted by Gasteiger charge is -2.17. The second-order valence-electron chi connectivity index (χ2n) is 5.18. The molecular weight excluding hydrogens is 310 g/mol. The smallest absolute Gasteiger partial charge is 0.255 e. The van der Waals surface area contributed by atoms with Crippen LogP contribution in [-0.4, -0.2) is 19.0 Å². The van der Waals surface area contributed by atoms with Crippen molar-refractivity contribution in [2.45, 2.75) is 0 Å². The van der Waals surface area contributed by atoms with E-state index in [1.807, 2.05) is 18.2 Å². The second-order valence-corrected chi connectivity index (χ2v) is 5.59. The number of carbonyl (C=O) groups excluding carboxylic acids is 1. The van der Waals surface area contributed by atoms with E-state index >= 15 is 0 Å². The van der Waals surface area contributed by atoms with Crippen LogP contribution in [0.15, 0.2) is 54.6 Å². The van der Waals surface area contributed by atoms with Crippen molar-refractivity contribution in [2.75, 3.05) is 23.3 Å². The number of nitriles is 1. The average Bonchev–Trinajstić information content (AvgIpc) is 3.09. The summed E-state index contributed by atoms with van der Waals surface area (Å²) in [5.41, 5.74) is 2.61. The Morgan fingerprint density at radius 1 is 1.13 bits per heavy atom. The molecule has 5 heteroatoms. The molecule has 0 bridgehead atoms. The predicted molar refractivity (Wildman–Crippen MR) is 91.9 cm³/mol. The number of hydrogen-bond donors (Lipinski definition) is 1. The van der Waals surface area contributed by atoms with Gasteiger partial charge in [-0.05, 0) is 42.5 Å². The predicted octanol–water partition coefficient (Wildman–Crippen LogP) is 3.84. The zero-order chi connectivity index (χ0) is 16.2. The molecule has 0 spiro atoms. The molecule has 23 heavy (non-hydrogen) atoms. The standard InChI is InChI=1S/C18H14ClN3O/c19-17-11-15(6-3-14(17)12-20)21-18(23)13-4-7-16(8-5-13)22-9-1-2-10-22/h1-8,11H,9-10H2,(H,21,23). The van der Waals surface area contributed by atoms with Gasteiger partial charge in [0.2, 0.25) is 0 Å². The van der Waals surface area contributed by atoms with E-state index < -0.39 is 0 Å². The van der Waals surface area contributed by atoms with Gasteiger partial charge in [0, 0.05) is 30.0 Å². The van der Waals surface area contributed by atoms with E-state index in [4.69, 9.17) is 16.9 Å². The summed E-state index contributed by atoms with van der Waals surface area (Å²) in [4.78, 5) is 14.5. The number of rotatable bonds is 3. The van der Waals surface area contributed by atoms with Crippen molar-refractivity contribution in [1.82, 2.24) is 0 Å². The lowest BCUT2D eigenvalue weighted by Crippen LogP contribution is -2.18. The van der Waals surface area contributed by atoms with Crippen LogP contribution in [0.3, 0.4) is 0 Å². The molecule has 3 rings (SSSR count). The zero-order valence-corrected chi connectivity index (χ0v) is 13.0. The number of nitrogens with one attached hydrogen (secondary N) is 1. The van der Waals surface area contributed by atoms with Gasteiger partial charge in [-0.15, -0.1) is 0 Å². The van der Waals surface area contributed by atoms with Crippen LogP contribution in [0, 0.1) is 11.3 Å². The number of hydrogen-bond acceptors (Lipinski definition) is 3. The monoisotopic (exact) mass is 323 g/mol. The molecule has 0 saturated carbocycles. The molecule has 0 unspecified atom stereocenters. The van der Waals surface area contributed by atoms with Gasteiger partial charge in [0.1, 0.15) is 6.07 Å². The molecule has 1 aliphatic rings. The molecule has 0 aliphatic carbocycles. The highest BCUT2D eigenvalue weighted by Gasteiger charge is 2.10. The third-order valence-electron chi connectivity index (χ3n) is 3.66. The van der Waals surface area contributed by atoms with E-state index in [1.165, 1.54) is 0 Å². The first-order chi connectivity index (χ1) is 11.2. The van der Waals surface area contributed by atoms with Crippen molar-refractivity contribution >= 4 is 28.9 Å². The largest absolute Gasteiger partial charge is 0.364 e. The Morgan fingerprint density at radius 3 is 2.43 bits per heavy atom. The van der Waals surface area contributed by atoms with Crippen molar-refractivity contribution in [2.24, 2.45) is 0 Å². The molecule has 0 fully saturated rings. The summed E-state index contributed by atoms with van der Waals surface area (Å²) in [5, 5.41) is 12.0. The number of nitrogens with zero attached hydrogens (tertiary/aromatic N) is 2. The maximum Gasteiger partial charge on any atom is 0.255 e. The van der Waals surface area contributed by atoms with Crippen LogP contribution in [0.4, 0.5) is 11.4 Å². The highest BCUT2D eigenvalue weighted by atomic mass is 35.5. The fraction of sp³-hybridized carbons (Fsp3) is 0.111. The lowest BCUT2D eigenvalue weighted by atomic mass is 10.1. The van der Waals surface area contributed by atoms with E-state index in [2.05, 4.69) is 22.4 Å². The van der Waals surface area contributed by atoms with Crippen molar-refractivity contribution in [3.63, 3.8) is 0 Å². The zero-order valence-electron chi connectivity index (χ0n) is 12.3. The van der Waals surface area contributed by atoms with Gasteiger partial charge in [-0.25, -0.2) is 0 Å². The molecule has 0 saturated heterocycles. The van der Waals surface area contributed by atoms with Crippen LogP contribution in [-0.2, 0) is 0 Å². The van der Waals surface area contributed by atoms with Crippen LogP contribution in [0.2, 0.25) is 5.02 Å². The summed E-state index contributed by atoms with van der Waals surface area (Å²) in [6.45, 7) is 1.80. The van der Waals surface area contributed by atoms with Gasteiger partial charge in [0.05, 0.1) is 10.6 Å². The molecule has 1 N–H and O–H groups in total. The molecule has 4 nitrogen and oxygen atoms in total. The first-order valence-electron chi connectivity index (χ1n) is 7.18. The Kier molecular flexibility index (Phi) is 4.31. The van der Waals surface area contributed by atoms with Crippen LogP contribution < -0.4 is 10.2 Å². The Labute approximate surface area is 139 Å². The molecule has 1 aliphatic heterocycles. The normalized spacial score (nSPS) is 13.0. The van der Waals surface area contributed by atoms with Crippen LogP contribution in [0.5, 0.6) is 0 Å². The summed E-state index contributed by atoms with van der Waals surface area (Å²) >= 11 is 5.97. The fourth-order valence-electron chi connectivity index (χ4n) is 2.40. The summed E-state index contributed by atoms with van der Waals surface area (Å²) in [5.74, 6) is -0.211. The molecule has 114 valence electrons. The highest BCUT2D eigenvalue weighted by Crippen LogP contribution is 2.22. The number of anilines is 2. The molecular formula is C18H14ClN3O. The SMILES string of the molecule is N#Cc1ccc(NC(=O)c2ccc(N3CC=CC3)cc2)cc1Cl. The quantitative estimate of drug-likeness (QED) is 0.873. The van der Waals surface area contributed by atoms with Crippen molar-refractivity contribution < 1.29 is 4.79 Å². The van der Waals surface area contributed by atoms with Gasteiger partial charge in [0.25, 0.3) is 5.91 Å². The fourth-order valence-corrected chi connectivity index (χ4v) is 2.62. The minimum absolute atomic E-state index is 0.211. The molecule has 1 heterocycles. The Balaban J connectivity index is 1.70. The van der Waals surface area contributed by atoms with Crippen LogP contribution in [0.25, 0.3) is 0 Å². The Morgan fingerprint density at radius 2 is 1.83 bits per heavy atom. The molecule has 2 aromatic rings. The van der Waals surface area contributed by atoms with Gasteiger partial charge < -0.3 is 10.2 Å². The van der Waals surface area contributed by atoms with Crippen LogP contribution >= 0.6 is 11.6 Å². The topological polar surface area (TPSA) is 56.1 Å². The van der Waals surface area contributed by atoms with Crippen LogP contribution in [0.1, 0.15) is 15.9 Å². The molecule has 2 aromatic carbocycles. The summed E-state index contributed by atoms with van der Waals surface area (Å²) in [6, 6.07) is 14.3. The summed E-state index contributed by atoms with van der Waals surface area (Å²) in [6.07, 6.45) is 4.24. The van der Waals surface area contributed by atoms with Gasteiger partial charge >= 0.3 is 0 Å². The molecule has 1 amide bonds. The summed E-state index contributed by atoms with van der Waals surface area (Å²) in [7, 11) is 0. The third kappa shape index (κ3) is 3.36. The minimum Gasteiger partial charge on any atom is -0.364 e. The van der Waals surface area contributed by atoms with Crippen molar-refractivity contribution in [3.05, 3.63) is 70.8 Å². The first kappa shape index (κ1) is 15.1. The van der Waals surface area contributed by atoms with E-state index in [9.17, 15) is 4.79 Å². The van der Waals surface area contributed by atoms with E-state index in [1.54, 1.807) is 30.3 Å². The average molecular weight is 324 g/mol. The van der Waals surface area contributed by atoms with Gasteiger partial charge in [-0.3, -0.25) is 4.79 Å². The Hall–Kier alpha value is -2.77. The van der Waals surface area contributed by atoms with Crippen molar-refractivity contribution in [3.8, 4) is 6.07 Å². The van der Waals surface area contributed by atoms with E-state index in [0.29, 0.717) is 21.8 Å². The molecule has 0 atom stereocenters. The molecule has 0 aromatic heterocycles. The number of benzene rings is 2. The highest BCUT2D eigenvalue weighted by molar-refractivity contribution is 6.32. The van der Waals surface area contributed by atoms with Gasteiger partial charge in [-0.1, -0.05) is 23.8 Å². The maximum atomic E-state index is 12.3. The maximum absolute atomic E-state index is 12.3.